The Morgan fingerprint density at radius 2 is 1.79 bits per heavy atom. The topological polar surface area (TPSA) is 72.5 Å². The first-order chi connectivity index (χ1) is 13.7. The minimum absolute atomic E-state index is 0.109. The van der Waals surface area contributed by atoms with E-state index in [0.717, 1.165) is 34.5 Å². The standard InChI is InChI=1S/C22H25N3O3/c1-27-14-13-23-11-12-24-22(26)19-15-21(16-7-9-17(28-2)10-8-16)25-20-6-4-3-5-18(19)20/h3-10,15,23H,11-14H2,1-2H3,(H,24,26). The highest BCUT2D eigenvalue weighted by molar-refractivity contribution is 6.07. The van der Waals surface area contributed by atoms with Crippen molar-refractivity contribution in [2.24, 2.45) is 0 Å². The Balaban J connectivity index is 1.82. The lowest BCUT2D eigenvalue weighted by molar-refractivity contribution is 0.0955. The Hall–Kier alpha value is -2.96. The summed E-state index contributed by atoms with van der Waals surface area (Å²) in [7, 11) is 3.30. The van der Waals surface area contributed by atoms with Crippen LogP contribution in [-0.4, -0.2) is 51.4 Å². The number of hydrogen-bond acceptors (Lipinski definition) is 5. The summed E-state index contributed by atoms with van der Waals surface area (Å²) in [5.41, 5.74) is 3.10. The quantitative estimate of drug-likeness (QED) is 0.560. The zero-order valence-corrected chi connectivity index (χ0v) is 16.2. The Bertz CT molecular complexity index is 926. The number of nitrogens with zero attached hydrogens (tertiary/aromatic N) is 1. The Morgan fingerprint density at radius 3 is 2.54 bits per heavy atom. The van der Waals surface area contributed by atoms with Crippen molar-refractivity contribution < 1.29 is 14.3 Å². The van der Waals surface area contributed by atoms with E-state index >= 15 is 0 Å². The molecule has 0 atom stereocenters. The normalized spacial score (nSPS) is 10.8. The van der Waals surface area contributed by atoms with Gasteiger partial charge in [0.05, 0.1) is 30.5 Å². The van der Waals surface area contributed by atoms with Gasteiger partial charge in [-0.2, -0.15) is 0 Å². The molecule has 0 aliphatic heterocycles. The van der Waals surface area contributed by atoms with E-state index in [9.17, 15) is 4.79 Å². The van der Waals surface area contributed by atoms with Gasteiger partial charge in [-0.05, 0) is 36.4 Å². The van der Waals surface area contributed by atoms with Crippen LogP contribution in [0.25, 0.3) is 22.2 Å². The predicted molar refractivity (Wildman–Crippen MR) is 111 cm³/mol. The molecular weight excluding hydrogens is 354 g/mol. The van der Waals surface area contributed by atoms with Gasteiger partial charge in [-0.1, -0.05) is 18.2 Å². The third-order valence-electron chi connectivity index (χ3n) is 4.42. The number of benzene rings is 2. The fourth-order valence-corrected chi connectivity index (χ4v) is 2.93. The first-order valence-electron chi connectivity index (χ1n) is 9.25. The number of pyridine rings is 1. The summed E-state index contributed by atoms with van der Waals surface area (Å²) in [6.07, 6.45) is 0. The number of fused-ring (bicyclic) bond motifs is 1. The molecule has 0 aliphatic rings. The number of hydrogen-bond donors (Lipinski definition) is 2. The van der Waals surface area contributed by atoms with Crippen molar-refractivity contribution >= 4 is 16.8 Å². The molecule has 0 unspecified atom stereocenters. The molecule has 28 heavy (non-hydrogen) atoms. The zero-order chi connectivity index (χ0) is 19.8. The molecule has 0 saturated carbocycles. The summed E-state index contributed by atoms with van der Waals surface area (Å²) in [5.74, 6) is 0.672. The molecule has 6 heteroatoms. The van der Waals surface area contributed by atoms with Crippen molar-refractivity contribution in [1.29, 1.82) is 0 Å². The smallest absolute Gasteiger partial charge is 0.252 e. The highest BCUT2D eigenvalue weighted by Gasteiger charge is 2.13. The van der Waals surface area contributed by atoms with Crippen molar-refractivity contribution in [2.45, 2.75) is 0 Å². The van der Waals surface area contributed by atoms with Crippen molar-refractivity contribution in [3.05, 3.63) is 60.2 Å². The number of methoxy groups -OCH3 is 2. The molecule has 6 nitrogen and oxygen atoms in total. The average Bonchev–Trinajstić information content (AvgIpc) is 2.75. The van der Waals surface area contributed by atoms with E-state index in [1.807, 2.05) is 54.6 Å². The van der Waals surface area contributed by atoms with Gasteiger partial charge in [0, 0.05) is 37.7 Å². The maximum absolute atomic E-state index is 12.8. The van der Waals surface area contributed by atoms with E-state index in [4.69, 9.17) is 14.5 Å². The van der Waals surface area contributed by atoms with Gasteiger partial charge in [0.15, 0.2) is 0 Å². The van der Waals surface area contributed by atoms with Crippen LogP contribution < -0.4 is 15.4 Å². The minimum Gasteiger partial charge on any atom is -0.497 e. The second-order valence-corrected chi connectivity index (χ2v) is 6.30. The van der Waals surface area contributed by atoms with Gasteiger partial charge < -0.3 is 20.1 Å². The monoisotopic (exact) mass is 379 g/mol. The van der Waals surface area contributed by atoms with E-state index in [0.29, 0.717) is 25.3 Å². The van der Waals surface area contributed by atoms with Crippen LogP contribution >= 0.6 is 0 Å². The van der Waals surface area contributed by atoms with Gasteiger partial charge in [0.1, 0.15) is 5.75 Å². The molecule has 0 aliphatic carbocycles. The van der Waals surface area contributed by atoms with Crippen LogP contribution in [0.1, 0.15) is 10.4 Å². The second kappa shape index (κ2) is 9.82. The largest absolute Gasteiger partial charge is 0.497 e. The minimum atomic E-state index is -0.109. The van der Waals surface area contributed by atoms with Crippen LogP contribution in [0.3, 0.4) is 0 Å². The Labute approximate surface area is 164 Å². The van der Waals surface area contributed by atoms with E-state index in [1.165, 1.54) is 0 Å². The molecule has 2 aromatic carbocycles. The number of amides is 1. The lowest BCUT2D eigenvalue weighted by Crippen LogP contribution is -2.33. The first kappa shape index (κ1) is 19.8. The second-order valence-electron chi connectivity index (χ2n) is 6.30. The van der Waals surface area contributed by atoms with Crippen LogP contribution in [0.5, 0.6) is 5.75 Å². The van der Waals surface area contributed by atoms with Crippen LogP contribution in [0.15, 0.2) is 54.6 Å². The van der Waals surface area contributed by atoms with Crippen molar-refractivity contribution in [3.63, 3.8) is 0 Å². The van der Waals surface area contributed by atoms with Crippen LogP contribution in [-0.2, 0) is 4.74 Å². The summed E-state index contributed by atoms with van der Waals surface area (Å²) < 4.78 is 10.2. The van der Waals surface area contributed by atoms with Gasteiger partial charge in [0.25, 0.3) is 5.91 Å². The van der Waals surface area contributed by atoms with Crippen molar-refractivity contribution in [2.75, 3.05) is 40.5 Å². The summed E-state index contributed by atoms with van der Waals surface area (Å²) in [6.45, 7) is 2.63. The molecule has 2 N–H and O–H groups in total. The van der Waals surface area contributed by atoms with E-state index < -0.39 is 0 Å². The molecule has 146 valence electrons. The van der Waals surface area contributed by atoms with Gasteiger partial charge >= 0.3 is 0 Å². The summed E-state index contributed by atoms with van der Waals surface area (Å²) in [6, 6.07) is 17.2. The summed E-state index contributed by atoms with van der Waals surface area (Å²) in [4.78, 5) is 17.5. The molecule has 0 fully saturated rings. The number of ether oxygens (including phenoxy) is 2. The number of rotatable bonds is 9. The van der Waals surface area contributed by atoms with Crippen molar-refractivity contribution in [3.8, 4) is 17.0 Å². The van der Waals surface area contributed by atoms with Gasteiger partial charge in [-0.15, -0.1) is 0 Å². The number of carbonyl (C=O) groups is 1. The number of nitrogens with one attached hydrogen (secondary N) is 2. The summed E-state index contributed by atoms with van der Waals surface area (Å²) in [5, 5.41) is 7.03. The predicted octanol–water partition coefficient (Wildman–Crippen LogP) is 2.88. The molecule has 1 aromatic heterocycles. The molecule has 3 rings (SSSR count). The highest BCUT2D eigenvalue weighted by Crippen LogP contribution is 2.26. The zero-order valence-electron chi connectivity index (χ0n) is 16.2. The number of aromatic nitrogens is 1. The van der Waals surface area contributed by atoms with Crippen LogP contribution in [0.2, 0.25) is 0 Å². The molecule has 0 spiro atoms. The Kier molecular flexibility index (Phi) is 6.94. The van der Waals surface area contributed by atoms with Gasteiger partial charge in [-0.25, -0.2) is 4.98 Å². The van der Waals surface area contributed by atoms with Crippen LogP contribution in [0.4, 0.5) is 0 Å². The number of carbonyl (C=O) groups excluding carboxylic acids is 1. The molecule has 1 heterocycles. The Morgan fingerprint density at radius 1 is 1.00 bits per heavy atom. The van der Waals surface area contributed by atoms with Gasteiger partial charge in [-0.3, -0.25) is 4.79 Å². The lowest BCUT2D eigenvalue weighted by atomic mass is 10.0. The van der Waals surface area contributed by atoms with Crippen LogP contribution in [0, 0.1) is 0 Å². The molecule has 1 amide bonds. The highest BCUT2D eigenvalue weighted by atomic mass is 16.5. The maximum atomic E-state index is 12.8. The molecule has 3 aromatic rings. The van der Waals surface area contributed by atoms with Gasteiger partial charge in [0.2, 0.25) is 0 Å². The third kappa shape index (κ3) is 4.85. The lowest BCUT2D eigenvalue weighted by Gasteiger charge is -2.11. The fourth-order valence-electron chi connectivity index (χ4n) is 2.93. The van der Waals surface area contributed by atoms with Crippen molar-refractivity contribution in [1.82, 2.24) is 15.6 Å². The molecule has 0 saturated heterocycles. The third-order valence-corrected chi connectivity index (χ3v) is 4.42. The number of para-hydroxylation sites is 1. The van der Waals surface area contributed by atoms with E-state index in [-0.39, 0.29) is 5.91 Å². The summed E-state index contributed by atoms with van der Waals surface area (Å²) >= 11 is 0. The van der Waals surface area contributed by atoms with E-state index in [2.05, 4.69) is 10.6 Å². The molecular formula is C22H25N3O3. The average molecular weight is 379 g/mol. The molecule has 0 radical (unpaired) electrons. The fraction of sp³-hybridized carbons (Fsp3) is 0.273. The first-order valence-corrected chi connectivity index (χ1v) is 9.25. The SMILES string of the molecule is COCCNCCNC(=O)c1cc(-c2ccc(OC)cc2)nc2ccccc12. The maximum Gasteiger partial charge on any atom is 0.252 e. The van der Waals surface area contributed by atoms with E-state index in [1.54, 1.807) is 14.2 Å². The molecule has 0 bridgehead atoms.